The maximum Gasteiger partial charge on any atom is 0.266 e. The van der Waals surface area contributed by atoms with Crippen LogP contribution >= 0.6 is 11.3 Å². The maximum atomic E-state index is 12.7. The third-order valence-corrected chi connectivity index (χ3v) is 4.54. The molecule has 2 N–H and O–H groups in total. The fourth-order valence-electron chi connectivity index (χ4n) is 2.26. The molecule has 21 heavy (non-hydrogen) atoms. The monoisotopic (exact) mass is 308 g/mol. The van der Waals surface area contributed by atoms with E-state index in [9.17, 15) is 4.79 Å². The summed E-state index contributed by atoms with van der Waals surface area (Å²) in [6.07, 6.45) is 1.70. The summed E-state index contributed by atoms with van der Waals surface area (Å²) in [7, 11) is 3.46. The summed E-state index contributed by atoms with van der Waals surface area (Å²) in [5.41, 5.74) is 7.52. The number of aromatic nitrogens is 2. The maximum absolute atomic E-state index is 12.7. The number of methoxy groups -OCH3 is 1. The SMILES string of the molecule is C=CCN(CCOC)C(=O)c1sc2c(c(C)nn2C)c1N. The number of ether oxygens (including phenoxy) is 1. The molecule has 114 valence electrons. The number of nitrogens with zero attached hydrogens (tertiary/aromatic N) is 3. The number of fused-ring (bicyclic) bond motifs is 1. The molecule has 0 aliphatic carbocycles. The Bertz CT molecular complexity index is 674. The van der Waals surface area contributed by atoms with E-state index < -0.39 is 0 Å². The van der Waals surface area contributed by atoms with Crippen molar-refractivity contribution in [2.75, 3.05) is 32.5 Å². The van der Waals surface area contributed by atoms with Crippen molar-refractivity contribution in [2.24, 2.45) is 7.05 Å². The van der Waals surface area contributed by atoms with Crippen LogP contribution in [0.1, 0.15) is 15.4 Å². The topological polar surface area (TPSA) is 73.4 Å². The molecule has 0 saturated heterocycles. The summed E-state index contributed by atoms with van der Waals surface area (Å²) in [5, 5.41) is 5.20. The first-order valence-corrected chi connectivity index (χ1v) is 7.43. The minimum Gasteiger partial charge on any atom is -0.397 e. The Morgan fingerprint density at radius 3 is 2.90 bits per heavy atom. The van der Waals surface area contributed by atoms with Crippen molar-refractivity contribution in [1.29, 1.82) is 0 Å². The molecule has 0 saturated carbocycles. The molecule has 2 aromatic rings. The Morgan fingerprint density at radius 1 is 1.62 bits per heavy atom. The second-order valence-corrected chi connectivity index (χ2v) is 5.77. The van der Waals surface area contributed by atoms with Gasteiger partial charge in [-0.25, -0.2) is 0 Å². The van der Waals surface area contributed by atoms with Crippen molar-refractivity contribution in [3.05, 3.63) is 23.2 Å². The number of aryl methyl sites for hydroxylation is 2. The van der Waals surface area contributed by atoms with E-state index >= 15 is 0 Å². The quantitative estimate of drug-likeness (QED) is 0.826. The zero-order valence-electron chi connectivity index (χ0n) is 12.5. The van der Waals surface area contributed by atoms with Gasteiger partial charge in [-0.2, -0.15) is 5.10 Å². The van der Waals surface area contributed by atoms with Crippen LogP contribution in [0, 0.1) is 6.92 Å². The van der Waals surface area contributed by atoms with Crippen LogP contribution in [0.5, 0.6) is 0 Å². The van der Waals surface area contributed by atoms with Crippen molar-refractivity contribution in [1.82, 2.24) is 14.7 Å². The van der Waals surface area contributed by atoms with E-state index in [0.717, 1.165) is 15.9 Å². The van der Waals surface area contributed by atoms with Crippen LogP contribution in [-0.4, -0.2) is 47.4 Å². The number of hydrogen-bond donors (Lipinski definition) is 1. The van der Waals surface area contributed by atoms with Gasteiger partial charge in [0, 0.05) is 27.2 Å². The number of nitrogens with two attached hydrogens (primary N) is 1. The average molecular weight is 308 g/mol. The Kier molecular flexibility index (Phi) is 4.64. The number of thiophene rings is 1. The van der Waals surface area contributed by atoms with Gasteiger partial charge in [-0.05, 0) is 6.92 Å². The molecular weight excluding hydrogens is 288 g/mol. The molecule has 2 aromatic heterocycles. The second-order valence-electron chi connectivity index (χ2n) is 4.77. The van der Waals surface area contributed by atoms with Gasteiger partial charge in [-0.15, -0.1) is 17.9 Å². The lowest BCUT2D eigenvalue weighted by Crippen LogP contribution is -2.33. The Hall–Kier alpha value is -1.86. The van der Waals surface area contributed by atoms with Crippen LogP contribution in [0.4, 0.5) is 5.69 Å². The molecule has 0 unspecified atom stereocenters. The molecule has 0 aliphatic heterocycles. The first kappa shape index (κ1) is 15.5. The minimum absolute atomic E-state index is 0.0925. The average Bonchev–Trinajstić information content (AvgIpc) is 2.93. The number of amides is 1. The molecule has 0 fully saturated rings. The zero-order valence-corrected chi connectivity index (χ0v) is 13.4. The molecule has 0 bridgehead atoms. The third-order valence-electron chi connectivity index (χ3n) is 3.28. The van der Waals surface area contributed by atoms with Gasteiger partial charge >= 0.3 is 0 Å². The molecule has 0 aromatic carbocycles. The summed E-state index contributed by atoms with van der Waals surface area (Å²) in [5.74, 6) is -0.0925. The van der Waals surface area contributed by atoms with Gasteiger partial charge < -0.3 is 15.4 Å². The fourth-order valence-corrected chi connectivity index (χ4v) is 3.42. The third kappa shape index (κ3) is 2.79. The highest BCUT2D eigenvalue weighted by molar-refractivity contribution is 7.21. The molecule has 1 amide bonds. The highest BCUT2D eigenvalue weighted by atomic mass is 32.1. The number of rotatable bonds is 6. The Balaban J connectivity index is 2.39. The van der Waals surface area contributed by atoms with E-state index in [0.29, 0.717) is 30.3 Å². The van der Waals surface area contributed by atoms with Crippen LogP contribution in [0.25, 0.3) is 10.2 Å². The largest absolute Gasteiger partial charge is 0.397 e. The fraction of sp³-hybridized carbons (Fsp3) is 0.429. The highest BCUT2D eigenvalue weighted by Gasteiger charge is 2.24. The van der Waals surface area contributed by atoms with Gasteiger partial charge in [0.2, 0.25) is 0 Å². The van der Waals surface area contributed by atoms with Gasteiger partial charge in [0.1, 0.15) is 9.71 Å². The molecule has 0 spiro atoms. The van der Waals surface area contributed by atoms with Gasteiger partial charge in [-0.1, -0.05) is 6.08 Å². The first-order valence-electron chi connectivity index (χ1n) is 6.61. The van der Waals surface area contributed by atoms with Crippen LogP contribution in [0.15, 0.2) is 12.7 Å². The second kappa shape index (κ2) is 6.28. The number of hydrogen-bond acceptors (Lipinski definition) is 5. The van der Waals surface area contributed by atoms with Gasteiger partial charge in [0.05, 0.1) is 23.4 Å². The molecule has 2 heterocycles. The lowest BCUT2D eigenvalue weighted by atomic mass is 10.2. The van der Waals surface area contributed by atoms with E-state index in [-0.39, 0.29) is 5.91 Å². The summed E-state index contributed by atoms with van der Waals surface area (Å²) in [4.78, 5) is 15.8. The molecule has 7 heteroatoms. The first-order chi connectivity index (χ1) is 10.0. The Labute approximate surface area is 127 Å². The van der Waals surface area contributed by atoms with Crippen LogP contribution < -0.4 is 5.73 Å². The molecule has 0 atom stereocenters. The summed E-state index contributed by atoms with van der Waals surface area (Å²) >= 11 is 1.38. The van der Waals surface area contributed by atoms with E-state index in [1.807, 2.05) is 14.0 Å². The van der Waals surface area contributed by atoms with Crippen molar-refractivity contribution in [3.63, 3.8) is 0 Å². The molecule has 6 nitrogen and oxygen atoms in total. The predicted molar refractivity (Wildman–Crippen MR) is 85.7 cm³/mol. The smallest absolute Gasteiger partial charge is 0.266 e. The number of nitrogen functional groups attached to an aromatic ring is 1. The number of carbonyl (C=O) groups excluding carboxylic acids is 1. The van der Waals surface area contributed by atoms with Crippen molar-refractivity contribution >= 4 is 33.1 Å². The van der Waals surface area contributed by atoms with Gasteiger partial charge in [-0.3, -0.25) is 9.48 Å². The number of anilines is 1. The standard InChI is InChI=1S/C14H20N4O2S/c1-5-6-18(7-8-20-4)13(19)12-11(15)10-9(2)16-17(3)14(10)21-12/h5H,1,6-8,15H2,2-4H3. The van der Waals surface area contributed by atoms with Gasteiger partial charge in [0.15, 0.2) is 0 Å². The van der Waals surface area contributed by atoms with E-state index in [1.165, 1.54) is 11.3 Å². The number of carbonyl (C=O) groups is 1. The van der Waals surface area contributed by atoms with E-state index in [2.05, 4.69) is 11.7 Å². The summed E-state index contributed by atoms with van der Waals surface area (Å²) < 4.78 is 6.81. The van der Waals surface area contributed by atoms with E-state index in [1.54, 1.807) is 22.8 Å². The summed E-state index contributed by atoms with van der Waals surface area (Å²) in [6, 6.07) is 0. The summed E-state index contributed by atoms with van der Waals surface area (Å²) in [6.45, 7) is 7.04. The van der Waals surface area contributed by atoms with Crippen LogP contribution in [0.2, 0.25) is 0 Å². The zero-order chi connectivity index (χ0) is 15.6. The predicted octanol–water partition coefficient (Wildman–Crippen LogP) is 1.80. The normalized spacial score (nSPS) is 11.0. The molecule has 2 rings (SSSR count). The lowest BCUT2D eigenvalue weighted by Gasteiger charge is -2.20. The van der Waals surface area contributed by atoms with E-state index in [4.69, 9.17) is 10.5 Å². The van der Waals surface area contributed by atoms with Crippen molar-refractivity contribution < 1.29 is 9.53 Å². The van der Waals surface area contributed by atoms with Crippen LogP contribution in [0.3, 0.4) is 0 Å². The van der Waals surface area contributed by atoms with Crippen molar-refractivity contribution in [2.45, 2.75) is 6.92 Å². The molecular formula is C14H20N4O2S. The highest BCUT2D eigenvalue weighted by Crippen LogP contribution is 2.36. The Morgan fingerprint density at radius 2 is 2.33 bits per heavy atom. The lowest BCUT2D eigenvalue weighted by molar-refractivity contribution is 0.0724. The van der Waals surface area contributed by atoms with Crippen molar-refractivity contribution in [3.8, 4) is 0 Å². The molecule has 0 aliphatic rings. The molecule has 0 radical (unpaired) electrons. The van der Waals surface area contributed by atoms with Crippen LogP contribution in [-0.2, 0) is 11.8 Å². The van der Waals surface area contributed by atoms with Gasteiger partial charge in [0.25, 0.3) is 5.91 Å². The minimum atomic E-state index is -0.0925.